The first kappa shape index (κ1) is 17.8. The number of carbonyl (C=O) groups excluding carboxylic acids is 1. The zero-order valence-corrected chi connectivity index (χ0v) is 13.8. The number of benzene rings is 1. The average molecular weight is 371 g/mol. The molecule has 11 heteroatoms. The third-order valence-electron chi connectivity index (χ3n) is 2.91. The van der Waals surface area contributed by atoms with E-state index < -0.39 is 25.8 Å². The summed E-state index contributed by atoms with van der Waals surface area (Å²) in [5.41, 5.74) is -0.412. The van der Waals surface area contributed by atoms with Crippen LogP contribution in [0.3, 0.4) is 0 Å². The predicted octanol–water partition coefficient (Wildman–Crippen LogP) is 2.08. The number of halogens is 1. The number of carbonyl (C=O) groups is 1. The third-order valence-corrected chi connectivity index (χ3v) is 4.70. The summed E-state index contributed by atoms with van der Waals surface area (Å²) in [4.78, 5) is 29.7. The normalized spacial score (nSPS) is 11.1. The van der Waals surface area contributed by atoms with Crippen LogP contribution >= 0.6 is 11.6 Å². The van der Waals surface area contributed by atoms with Gasteiger partial charge in [0, 0.05) is 17.8 Å². The minimum atomic E-state index is -3.71. The lowest BCUT2D eigenvalue weighted by Gasteiger charge is -2.07. The van der Waals surface area contributed by atoms with Crippen LogP contribution < -0.4 is 5.32 Å². The van der Waals surface area contributed by atoms with Gasteiger partial charge in [-0.05, 0) is 6.07 Å². The number of nitro groups is 1. The Balaban J connectivity index is 2.35. The van der Waals surface area contributed by atoms with Crippen LogP contribution in [-0.2, 0) is 9.84 Å². The standard InChI is InChI=1S/C13H11ClN4O5S/c1-2-24(22,23)13-15-7-10(14)11(17-13)12(19)16-8-4-3-5-9(6-8)18(20)21/h3-7H,2H2,1H3,(H,16,19). The van der Waals surface area contributed by atoms with Crippen molar-refractivity contribution in [2.24, 2.45) is 0 Å². The zero-order valence-electron chi connectivity index (χ0n) is 12.3. The van der Waals surface area contributed by atoms with Crippen molar-refractivity contribution in [1.82, 2.24) is 9.97 Å². The van der Waals surface area contributed by atoms with E-state index in [4.69, 9.17) is 11.6 Å². The van der Waals surface area contributed by atoms with Crippen molar-refractivity contribution >= 4 is 38.7 Å². The molecule has 0 atom stereocenters. The molecule has 0 aliphatic heterocycles. The highest BCUT2D eigenvalue weighted by atomic mass is 35.5. The summed E-state index contributed by atoms with van der Waals surface area (Å²) in [5, 5.41) is 12.5. The summed E-state index contributed by atoms with van der Waals surface area (Å²) in [5.74, 6) is -1.05. The largest absolute Gasteiger partial charge is 0.320 e. The van der Waals surface area contributed by atoms with Gasteiger partial charge in [0.15, 0.2) is 5.69 Å². The Hall–Kier alpha value is -2.59. The highest BCUT2D eigenvalue weighted by Gasteiger charge is 2.21. The molecule has 0 spiro atoms. The molecule has 0 radical (unpaired) electrons. The number of nitro benzene ring substituents is 1. The Morgan fingerprint density at radius 2 is 2.12 bits per heavy atom. The summed E-state index contributed by atoms with van der Waals surface area (Å²) in [6.07, 6.45) is 1.01. The van der Waals surface area contributed by atoms with Gasteiger partial charge < -0.3 is 5.32 Å². The lowest BCUT2D eigenvalue weighted by Crippen LogP contribution is -2.18. The average Bonchev–Trinajstić information content (AvgIpc) is 2.55. The number of non-ortho nitro benzene ring substituents is 1. The molecule has 0 saturated carbocycles. The maximum absolute atomic E-state index is 12.2. The molecule has 1 heterocycles. The minimum Gasteiger partial charge on any atom is -0.320 e. The molecule has 0 aliphatic rings. The Morgan fingerprint density at radius 1 is 1.42 bits per heavy atom. The van der Waals surface area contributed by atoms with Crippen LogP contribution in [0, 0.1) is 10.1 Å². The van der Waals surface area contributed by atoms with Gasteiger partial charge in [0.05, 0.1) is 21.9 Å². The summed E-state index contributed by atoms with van der Waals surface area (Å²) >= 11 is 5.84. The smallest absolute Gasteiger partial charge is 0.275 e. The lowest BCUT2D eigenvalue weighted by atomic mass is 10.2. The number of amides is 1. The molecule has 24 heavy (non-hydrogen) atoms. The van der Waals surface area contributed by atoms with E-state index in [1.165, 1.54) is 25.1 Å². The van der Waals surface area contributed by atoms with Crippen LogP contribution in [0.2, 0.25) is 5.02 Å². The van der Waals surface area contributed by atoms with E-state index in [2.05, 4.69) is 15.3 Å². The van der Waals surface area contributed by atoms with Gasteiger partial charge in [0.1, 0.15) is 0 Å². The van der Waals surface area contributed by atoms with Crippen LogP contribution in [0.25, 0.3) is 0 Å². The van der Waals surface area contributed by atoms with E-state index in [9.17, 15) is 23.3 Å². The van der Waals surface area contributed by atoms with Crippen molar-refractivity contribution in [3.63, 3.8) is 0 Å². The van der Waals surface area contributed by atoms with E-state index in [1.807, 2.05) is 0 Å². The lowest BCUT2D eigenvalue weighted by molar-refractivity contribution is -0.384. The highest BCUT2D eigenvalue weighted by Crippen LogP contribution is 2.20. The quantitative estimate of drug-likeness (QED) is 0.484. The number of aromatic nitrogens is 2. The second kappa shape index (κ2) is 6.89. The molecule has 0 unspecified atom stereocenters. The summed E-state index contributed by atoms with van der Waals surface area (Å²) in [6.45, 7) is 1.41. The van der Waals surface area contributed by atoms with Crippen LogP contribution in [0.4, 0.5) is 11.4 Å². The van der Waals surface area contributed by atoms with Crippen molar-refractivity contribution in [1.29, 1.82) is 0 Å². The molecule has 2 rings (SSSR count). The molecule has 0 saturated heterocycles. The van der Waals surface area contributed by atoms with Crippen molar-refractivity contribution in [3.05, 3.63) is 51.3 Å². The van der Waals surface area contributed by atoms with E-state index in [0.717, 1.165) is 12.3 Å². The second-order valence-electron chi connectivity index (χ2n) is 4.51. The first-order chi connectivity index (χ1) is 11.2. The van der Waals surface area contributed by atoms with Gasteiger partial charge in [-0.3, -0.25) is 14.9 Å². The van der Waals surface area contributed by atoms with E-state index in [0.29, 0.717) is 0 Å². The van der Waals surface area contributed by atoms with Crippen molar-refractivity contribution in [2.75, 3.05) is 11.1 Å². The summed E-state index contributed by atoms with van der Waals surface area (Å²) in [6, 6.07) is 5.24. The Bertz CT molecular complexity index is 916. The molecule has 0 aliphatic carbocycles. The van der Waals surface area contributed by atoms with E-state index in [1.54, 1.807) is 0 Å². The van der Waals surface area contributed by atoms with Gasteiger partial charge in [0.25, 0.3) is 11.6 Å². The fraction of sp³-hybridized carbons (Fsp3) is 0.154. The Labute approximate surface area is 141 Å². The second-order valence-corrected chi connectivity index (χ2v) is 7.09. The maximum Gasteiger partial charge on any atom is 0.275 e. The molecule has 1 amide bonds. The van der Waals surface area contributed by atoms with Gasteiger partial charge in [-0.15, -0.1) is 0 Å². The van der Waals surface area contributed by atoms with Gasteiger partial charge in [-0.2, -0.15) is 0 Å². The van der Waals surface area contributed by atoms with Crippen LogP contribution in [0.15, 0.2) is 35.6 Å². The van der Waals surface area contributed by atoms with Gasteiger partial charge in [-0.25, -0.2) is 18.4 Å². The molecule has 1 N–H and O–H groups in total. The van der Waals surface area contributed by atoms with Gasteiger partial charge in [0.2, 0.25) is 15.0 Å². The first-order valence-corrected chi connectivity index (χ1v) is 8.58. The molecular formula is C13H11ClN4O5S. The maximum atomic E-state index is 12.2. The molecular weight excluding hydrogens is 360 g/mol. The number of nitrogens with one attached hydrogen (secondary N) is 1. The van der Waals surface area contributed by atoms with Crippen LogP contribution in [0.5, 0.6) is 0 Å². The fourth-order valence-electron chi connectivity index (χ4n) is 1.68. The van der Waals surface area contributed by atoms with E-state index >= 15 is 0 Å². The molecule has 9 nitrogen and oxygen atoms in total. The minimum absolute atomic E-state index is 0.142. The number of anilines is 1. The molecule has 2 aromatic rings. The number of sulfone groups is 1. The fourth-order valence-corrected chi connectivity index (χ4v) is 2.56. The highest BCUT2D eigenvalue weighted by molar-refractivity contribution is 7.91. The monoisotopic (exact) mass is 370 g/mol. The topological polar surface area (TPSA) is 132 Å². The third kappa shape index (κ3) is 3.84. The first-order valence-electron chi connectivity index (χ1n) is 6.55. The number of nitrogens with zero attached hydrogens (tertiary/aromatic N) is 3. The van der Waals surface area contributed by atoms with Crippen molar-refractivity contribution < 1.29 is 18.1 Å². The van der Waals surface area contributed by atoms with Crippen molar-refractivity contribution in [3.8, 4) is 0 Å². The molecule has 126 valence electrons. The van der Waals surface area contributed by atoms with E-state index in [-0.39, 0.29) is 27.8 Å². The van der Waals surface area contributed by atoms with Crippen LogP contribution in [-0.4, -0.2) is 35.0 Å². The molecule has 0 fully saturated rings. The van der Waals surface area contributed by atoms with Crippen LogP contribution in [0.1, 0.15) is 17.4 Å². The van der Waals surface area contributed by atoms with Crippen molar-refractivity contribution in [2.45, 2.75) is 12.1 Å². The van der Waals surface area contributed by atoms with Gasteiger partial charge >= 0.3 is 0 Å². The SMILES string of the molecule is CCS(=O)(=O)c1ncc(Cl)c(C(=O)Nc2cccc([N+](=O)[O-])c2)n1. The summed E-state index contributed by atoms with van der Waals surface area (Å²) < 4.78 is 23.6. The summed E-state index contributed by atoms with van der Waals surface area (Å²) in [7, 11) is -3.71. The van der Waals surface area contributed by atoms with Gasteiger partial charge in [-0.1, -0.05) is 24.6 Å². The molecule has 1 aromatic heterocycles. The molecule has 0 bridgehead atoms. The number of hydrogen-bond acceptors (Lipinski definition) is 7. The number of hydrogen-bond donors (Lipinski definition) is 1. The predicted molar refractivity (Wildman–Crippen MR) is 85.8 cm³/mol. The zero-order chi connectivity index (χ0) is 17.9. The Kier molecular flexibility index (Phi) is 5.10. The molecule has 1 aromatic carbocycles. The number of rotatable bonds is 5. The Morgan fingerprint density at radius 3 is 2.75 bits per heavy atom.